The number of hydrogen-bond donors (Lipinski definition) is 1. The minimum absolute atomic E-state index is 0.0488. The maximum Gasteiger partial charge on any atom is 0.298 e. The molecule has 0 fully saturated rings. The Labute approximate surface area is 74.5 Å². The van der Waals surface area contributed by atoms with E-state index >= 15 is 0 Å². The van der Waals surface area contributed by atoms with E-state index in [-0.39, 0.29) is 23.0 Å². The summed E-state index contributed by atoms with van der Waals surface area (Å²) in [5.74, 6) is 0.0812. The molecule has 0 bridgehead atoms. The number of rotatable bonds is 2. The van der Waals surface area contributed by atoms with Crippen LogP contribution in [0.5, 0.6) is 11.5 Å². The number of phenols is 1. The van der Waals surface area contributed by atoms with Gasteiger partial charge in [-0.25, -0.2) is 0 Å². The lowest BCUT2D eigenvalue weighted by Gasteiger charge is -2.04. The van der Waals surface area contributed by atoms with E-state index in [1.165, 1.54) is 6.07 Å². The van der Waals surface area contributed by atoms with Crippen molar-refractivity contribution in [3.05, 3.63) is 22.7 Å². The topological polar surface area (TPSA) is 46.5 Å². The van der Waals surface area contributed by atoms with Gasteiger partial charge in [0.15, 0.2) is 5.75 Å². The van der Waals surface area contributed by atoms with Gasteiger partial charge in [0.25, 0.3) is 6.47 Å². The second-order valence-electron chi connectivity index (χ2n) is 2.31. The van der Waals surface area contributed by atoms with E-state index in [9.17, 15) is 9.90 Å². The monoisotopic (exact) mass is 186 g/mol. The summed E-state index contributed by atoms with van der Waals surface area (Å²) >= 11 is 5.61. The molecule has 0 heterocycles. The number of carbonyl (C=O) groups excluding carboxylic acids is 1. The molecule has 1 N–H and O–H groups in total. The van der Waals surface area contributed by atoms with Gasteiger partial charge < -0.3 is 9.84 Å². The molecule has 0 aliphatic carbocycles. The third-order valence-electron chi connectivity index (χ3n) is 1.34. The van der Waals surface area contributed by atoms with E-state index in [1.54, 1.807) is 13.0 Å². The molecule has 64 valence electrons. The van der Waals surface area contributed by atoms with E-state index in [0.717, 1.165) is 5.56 Å². The molecular weight excluding hydrogens is 180 g/mol. The lowest BCUT2D eigenvalue weighted by atomic mass is 10.2. The highest BCUT2D eigenvalue weighted by Crippen LogP contribution is 2.33. The zero-order chi connectivity index (χ0) is 9.14. The van der Waals surface area contributed by atoms with Gasteiger partial charge in [0.2, 0.25) is 0 Å². The predicted octanol–water partition coefficient (Wildman–Crippen LogP) is 1.89. The Kier molecular flexibility index (Phi) is 2.55. The smallest absolute Gasteiger partial charge is 0.298 e. The van der Waals surface area contributed by atoms with Crippen LogP contribution in [-0.2, 0) is 4.79 Å². The molecule has 0 aliphatic heterocycles. The molecule has 0 aromatic heterocycles. The summed E-state index contributed by atoms with van der Waals surface area (Å²) in [6, 6.07) is 3.05. The van der Waals surface area contributed by atoms with Gasteiger partial charge in [0.05, 0.1) is 0 Å². The largest absolute Gasteiger partial charge is 0.506 e. The normalized spacial score (nSPS) is 9.50. The summed E-state index contributed by atoms with van der Waals surface area (Å²) in [6.07, 6.45) is 0. The van der Waals surface area contributed by atoms with Crippen molar-refractivity contribution in [2.45, 2.75) is 6.92 Å². The molecule has 0 saturated carbocycles. The fourth-order valence-electron chi connectivity index (χ4n) is 0.855. The SMILES string of the molecule is Cc1cc(O)c(Cl)c(OC=O)c1. The Morgan fingerprint density at radius 1 is 1.58 bits per heavy atom. The molecule has 0 aliphatic rings. The molecule has 0 spiro atoms. The van der Waals surface area contributed by atoms with Crippen LogP contribution in [0.4, 0.5) is 0 Å². The second-order valence-corrected chi connectivity index (χ2v) is 2.69. The Bertz CT molecular complexity index is 309. The van der Waals surface area contributed by atoms with Crippen LogP contribution < -0.4 is 4.74 Å². The number of carbonyl (C=O) groups is 1. The first kappa shape index (κ1) is 8.87. The third-order valence-corrected chi connectivity index (χ3v) is 1.72. The Morgan fingerprint density at radius 2 is 2.25 bits per heavy atom. The molecule has 0 radical (unpaired) electrons. The molecular formula is C8H7ClO3. The Hall–Kier alpha value is -1.22. The summed E-state index contributed by atoms with van der Waals surface area (Å²) in [6.45, 7) is 2.02. The van der Waals surface area contributed by atoms with Crippen molar-refractivity contribution in [1.82, 2.24) is 0 Å². The highest BCUT2D eigenvalue weighted by molar-refractivity contribution is 6.33. The summed E-state index contributed by atoms with van der Waals surface area (Å²) in [7, 11) is 0. The number of hydrogen-bond acceptors (Lipinski definition) is 3. The fraction of sp³-hybridized carbons (Fsp3) is 0.125. The van der Waals surface area contributed by atoms with E-state index in [4.69, 9.17) is 11.6 Å². The van der Waals surface area contributed by atoms with Gasteiger partial charge in [0, 0.05) is 0 Å². The number of aromatic hydroxyl groups is 1. The van der Waals surface area contributed by atoms with Crippen molar-refractivity contribution in [2.24, 2.45) is 0 Å². The molecule has 0 amide bonds. The number of ether oxygens (including phenoxy) is 1. The molecule has 0 atom stereocenters. The zero-order valence-electron chi connectivity index (χ0n) is 6.37. The van der Waals surface area contributed by atoms with Crippen molar-refractivity contribution in [3.63, 3.8) is 0 Å². The van der Waals surface area contributed by atoms with Gasteiger partial charge in [-0.15, -0.1) is 0 Å². The van der Waals surface area contributed by atoms with Crippen molar-refractivity contribution >= 4 is 18.1 Å². The van der Waals surface area contributed by atoms with E-state index < -0.39 is 0 Å². The molecule has 4 heteroatoms. The first-order chi connectivity index (χ1) is 5.65. The summed E-state index contributed by atoms with van der Waals surface area (Å²) in [5, 5.41) is 9.23. The zero-order valence-corrected chi connectivity index (χ0v) is 7.13. The van der Waals surface area contributed by atoms with Gasteiger partial charge in [-0.2, -0.15) is 0 Å². The number of phenolic OH excluding ortho intramolecular Hbond substituents is 1. The van der Waals surface area contributed by atoms with Gasteiger partial charge in [-0.3, -0.25) is 4.79 Å². The average molecular weight is 187 g/mol. The van der Waals surface area contributed by atoms with Crippen LogP contribution in [0.1, 0.15) is 5.56 Å². The van der Waals surface area contributed by atoms with Crippen molar-refractivity contribution in [1.29, 1.82) is 0 Å². The van der Waals surface area contributed by atoms with E-state index in [2.05, 4.69) is 4.74 Å². The highest BCUT2D eigenvalue weighted by Gasteiger charge is 2.07. The predicted molar refractivity (Wildman–Crippen MR) is 44.5 cm³/mol. The quantitative estimate of drug-likeness (QED) is 0.718. The first-order valence-corrected chi connectivity index (χ1v) is 3.62. The van der Waals surface area contributed by atoms with Crippen LogP contribution in [0.25, 0.3) is 0 Å². The molecule has 0 unspecified atom stereocenters. The van der Waals surface area contributed by atoms with Crippen molar-refractivity contribution in [3.8, 4) is 11.5 Å². The molecule has 1 rings (SSSR count). The molecule has 3 nitrogen and oxygen atoms in total. The van der Waals surface area contributed by atoms with E-state index in [0.29, 0.717) is 0 Å². The third kappa shape index (κ3) is 1.68. The molecule has 1 aromatic carbocycles. The average Bonchev–Trinajstić information content (AvgIpc) is 2.00. The number of benzene rings is 1. The second kappa shape index (κ2) is 3.45. The van der Waals surface area contributed by atoms with Gasteiger partial charge in [0.1, 0.15) is 10.8 Å². The molecule has 1 aromatic rings. The first-order valence-electron chi connectivity index (χ1n) is 3.24. The lowest BCUT2D eigenvalue weighted by molar-refractivity contribution is -0.120. The number of halogens is 1. The molecule has 0 saturated heterocycles. The summed E-state index contributed by atoms with van der Waals surface area (Å²) in [5.41, 5.74) is 0.772. The van der Waals surface area contributed by atoms with Crippen LogP contribution in [0, 0.1) is 6.92 Å². The van der Waals surface area contributed by atoms with Crippen molar-refractivity contribution < 1.29 is 14.6 Å². The van der Waals surface area contributed by atoms with Gasteiger partial charge >= 0.3 is 0 Å². The number of aryl methyl sites for hydroxylation is 1. The Morgan fingerprint density at radius 3 is 2.83 bits per heavy atom. The van der Waals surface area contributed by atoms with Crippen LogP contribution in [0.15, 0.2) is 12.1 Å². The molecule has 12 heavy (non-hydrogen) atoms. The minimum atomic E-state index is -0.0893. The minimum Gasteiger partial charge on any atom is -0.506 e. The van der Waals surface area contributed by atoms with Gasteiger partial charge in [-0.05, 0) is 24.6 Å². The highest BCUT2D eigenvalue weighted by atomic mass is 35.5. The van der Waals surface area contributed by atoms with Gasteiger partial charge in [-0.1, -0.05) is 11.6 Å². The lowest BCUT2D eigenvalue weighted by Crippen LogP contribution is -1.90. The van der Waals surface area contributed by atoms with Crippen LogP contribution >= 0.6 is 11.6 Å². The van der Waals surface area contributed by atoms with E-state index in [1.807, 2.05) is 0 Å². The maximum absolute atomic E-state index is 9.99. The van der Waals surface area contributed by atoms with Crippen LogP contribution in [-0.4, -0.2) is 11.6 Å². The van der Waals surface area contributed by atoms with Crippen LogP contribution in [0.3, 0.4) is 0 Å². The summed E-state index contributed by atoms with van der Waals surface area (Å²) in [4.78, 5) is 9.99. The van der Waals surface area contributed by atoms with Crippen LogP contribution in [0.2, 0.25) is 5.02 Å². The van der Waals surface area contributed by atoms with Crippen molar-refractivity contribution in [2.75, 3.05) is 0 Å². The fourth-order valence-corrected chi connectivity index (χ4v) is 1.01. The summed E-state index contributed by atoms with van der Waals surface area (Å²) < 4.78 is 4.53. The maximum atomic E-state index is 9.99. The Balaban J connectivity index is 3.17. The standard InChI is InChI=1S/C8H7ClO3/c1-5-2-6(11)8(9)7(3-5)12-4-10/h2-4,11H,1H3.